The van der Waals surface area contributed by atoms with Gasteiger partial charge in [0.1, 0.15) is 0 Å². The third-order valence-corrected chi connectivity index (χ3v) is 5.53. The molecule has 0 aromatic carbocycles. The highest BCUT2D eigenvalue weighted by Gasteiger charge is 2.17. The average Bonchev–Trinajstić information content (AvgIpc) is 2.55. The van der Waals surface area contributed by atoms with Gasteiger partial charge in [0.25, 0.3) is 0 Å². The van der Waals surface area contributed by atoms with Crippen molar-refractivity contribution >= 4 is 45.5 Å². The summed E-state index contributed by atoms with van der Waals surface area (Å²) >= 11 is 0. The van der Waals surface area contributed by atoms with Gasteiger partial charge in [0.05, 0.1) is 5.75 Å². The van der Waals surface area contributed by atoms with Gasteiger partial charge in [-0.25, -0.2) is 9.59 Å². The Bertz CT molecular complexity index is 510. The van der Waals surface area contributed by atoms with Crippen LogP contribution in [0.5, 0.6) is 0 Å². The van der Waals surface area contributed by atoms with Crippen LogP contribution in [0.4, 0.5) is 9.59 Å². The molecule has 10 heteroatoms. The van der Waals surface area contributed by atoms with Gasteiger partial charge in [-0.3, -0.25) is 20.2 Å². The third-order valence-electron chi connectivity index (χ3n) is 3.26. The number of nitrogens with one attached hydrogen (secondary N) is 4. The monoisotopic (exact) mass is 434 g/mol. The zero-order valence-electron chi connectivity index (χ0n) is 17.3. The molecule has 0 rings (SSSR count). The largest absolute Gasteiger partial charge is 0.338 e. The van der Waals surface area contributed by atoms with Crippen LogP contribution in [0.3, 0.4) is 0 Å². The number of urea groups is 2. The molecule has 0 fully saturated rings. The van der Waals surface area contributed by atoms with Gasteiger partial charge in [-0.2, -0.15) is 0 Å². The van der Waals surface area contributed by atoms with Crippen LogP contribution in [0.25, 0.3) is 0 Å². The number of imide groups is 2. The van der Waals surface area contributed by atoms with Gasteiger partial charge >= 0.3 is 12.1 Å². The highest BCUT2D eigenvalue weighted by atomic mass is 33.1. The van der Waals surface area contributed by atoms with Crippen molar-refractivity contribution in [3.05, 3.63) is 0 Å². The summed E-state index contributed by atoms with van der Waals surface area (Å²) in [5.41, 5.74) is -0.177. The van der Waals surface area contributed by atoms with Crippen LogP contribution < -0.4 is 21.3 Å². The molecule has 8 nitrogen and oxygen atoms in total. The second-order valence-electron chi connectivity index (χ2n) is 7.49. The molecule has 0 saturated heterocycles. The lowest BCUT2D eigenvalue weighted by Crippen LogP contribution is -2.41. The van der Waals surface area contributed by atoms with Crippen LogP contribution in [0, 0.1) is 5.41 Å². The molecule has 0 spiro atoms. The molecule has 0 saturated carbocycles. The van der Waals surface area contributed by atoms with Gasteiger partial charge in [0, 0.05) is 25.3 Å². The van der Waals surface area contributed by atoms with E-state index in [4.69, 9.17) is 0 Å². The Labute approximate surface area is 175 Å². The topological polar surface area (TPSA) is 116 Å². The van der Waals surface area contributed by atoms with Gasteiger partial charge < -0.3 is 10.6 Å². The quantitative estimate of drug-likeness (QED) is 0.277. The van der Waals surface area contributed by atoms with E-state index in [1.54, 1.807) is 0 Å². The molecule has 0 atom stereocenters. The molecule has 0 aromatic heterocycles. The second kappa shape index (κ2) is 15.5. The van der Waals surface area contributed by atoms with E-state index in [9.17, 15) is 19.2 Å². The normalized spacial score (nSPS) is 10.9. The fourth-order valence-electron chi connectivity index (χ4n) is 2.02. The molecule has 162 valence electrons. The molecular weight excluding hydrogens is 400 g/mol. The molecule has 28 heavy (non-hydrogen) atoms. The van der Waals surface area contributed by atoms with E-state index in [0.29, 0.717) is 18.8 Å². The molecular formula is C18H34N4O4S2. The first-order chi connectivity index (χ1) is 13.1. The van der Waals surface area contributed by atoms with E-state index < -0.39 is 12.1 Å². The molecule has 0 bridgehead atoms. The molecule has 0 aliphatic rings. The van der Waals surface area contributed by atoms with Gasteiger partial charge in [-0.15, -0.1) is 0 Å². The van der Waals surface area contributed by atoms with Gasteiger partial charge in [-0.1, -0.05) is 68.5 Å². The van der Waals surface area contributed by atoms with Crippen molar-refractivity contribution in [2.45, 2.75) is 59.8 Å². The van der Waals surface area contributed by atoms with Crippen molar-refractivity contribution in [3.63, 3.8) is 0 Å². The molecule has 0 unspecified atom stereocenters. The van der Waals surface area contributed by atoms with Crippen LogP contribution in [-0.4, -0.2) is 48.5 Å². The number of amides is 6. The van der Waals surface area contributed by atoms with Crippen LogP contribution in [0.15, 0.2) is 0 Å². The highest BCUT2D eigenvalue weighted by molar-refractivity contribution is 8.76. The van der Waals surface area contributed by atoms with E-state index in [1.807, 2.05) is 20.8 Å². The summed E-state index contributed by atoms with van der Waals surface area (Å²) in [6, 6.07) is -0.987. The maximum absolute atomic E-state index is 11.6. The third kappa shape index (κ3) is 18.0. The highest BCUT2D eigenvalue weighted by Crippen LogP contribution is 2.19. The number of carbonyl (C=O) groups is 4. The Morgan fingerprint density at radius 3 is 2.00 bits per heavy atom. The van der Waals surface area contributed by atoms with Crippen molar-refractivity contribution in [2.24, 2.45) is 5.41 Å². The van der Waals surface area contributed by atoms with Crippen molar-refractivity contribution in [2.75, 3.05) is 24.6 Å². The minimum Gasteiger partial charge on any atom is -0.338 e. The van der Waals surface area contributed by atoms with Crippen LogP contribution in [-0.2, 0) is 9.59 Å². The smallest absolute Gasteiger partial charge is 0.321 e. The number of unbranched alkanes of at least 4 members (excludes halogenated alkanes) is 3. The molecule has 6 amide bonds. The van der Waals surface area contributed by atoms with Crippen LogP contribution in [0.2, 0.25) is 0 Å². The van der Waals surface area contributed by atoms with Crippen molar-refractivity contribution in [1.82, 2.24) is 21.3 Å². The minimum absolute atomic E-state index is 0.143. The first-order valence-corrected chi connectivity index (χ1v) is 12.0. The summed E-state index contributed by atoms with van der Waals surface area (Å²) in [5.74, 6) is 0.0430. The summed E-state index contributed by atoms with van der Waals surface area (Å²) < 4.78 is 0. The van der Waals surface area contributed by atoms with Crippen molar-refractivity contribution < 1.29 is 19.2 Å². The maximum Gasteiger partial charge on any atom is 0.321 e. The second-order valence-corrected chi connectivity index (χ2v) is 10.1. The molecule has 0 aromatic rings. The fraction of sp³-hybridized carbons (Fsp3) is 0.778. The lowest BCUT2D eigenvalue weighted by Gasteiger charge is -2.16. The zero-order valence-corrected chi connectivity index (χ0v) is 18.9. The zero-order chi connectivity index (χ0) is 21.4. The molecule has 4 N–H and O–H groups in total. The number of hydrogen-bond acceptors (Lipinski definition) is 6. The molecule has 0 aliphatic carbocycles. The summed E-state index contributed by atoms with van der Waals surface area (Å²) in [5, 5.41) is 9.80. The Morgan fingerprint density at radius 1 is 0.786 bits per heavy atom. The van der Waals surface area contributed by atoms with E-state index >= 15 is 0 Å². The fourth-order valence-corrected chi connectivity index (χ4v) is 3.76. The minimum atomic E-state index is -0.520. The molecule has 0 radical (unpaired) electrons. The number of hydrogen-bond donors (Lipinski definition) is 4. The van der Waals surface area contributed by atoms with E-state index in [2.05, 4.69) is 28.2 Å². The van der Waals surface area contributed by atoms with Gasteiger partial charge in [0.2, 0.25) is 11.8 Å². The summed E-state index contributed by atoms with van der Waals surface area (Å²) in [6.45, 7) is 8.82. The Kier molecular flexibility index (Phi) is 14.7. The summed E-state index contributed by atoms with van der Waals surface area (Å²) in [4.78, 5) is 46.4. The lowest BCUT2D eigenvalue weighted by atomic mass is 9.92. The Morgan fingerprint density at radius 2 is 1.39 bits per heavy atom. The van der Waals surface area contributed by atoms with Crippen LogP contribution in [0.1, 0.15) is 59.8 Å². The average molecular weight is 435 g/mol. The first kappa shape index (κ1) is 26.6. The molecule has 0 aliphatic heterocycles. The van der Waals surface area contributed by atoms with Crippen LogP contribution >= 0.6 is 21.6 Å². The first-order valence-electron chi connectivity index (χ1n) is 9.54. The van der Waals surface area contributed by atoms with Crippen molar-refractivity contribution in [3.8, 4) is 0 Å². The summed E-state index contributed by atoms with van der Waals surface area (Å²) in [7, 11) is 2.70. The SMILES string of the molecule is CCCCCCNC(=O)NC(=O)CSSCCNC(=O)NC(=O)CC(C)(C)C. The maximum atomic E-state index is 11.6. The van der Waals surface area contributed by atoms with Gasteiger partial charge in [0.15, 0.2) is 0 Å². The van der Waals surface area contributed by atoms with E-state index in [-0.39, 0.29) is 29.4 Å². The Hall–Kier alpha value is -1.42. The summed E-state index contributed by atoms with van der Waals surface area (Å²) in [6.07, 6.45) is 4.51. The van der Waals surface area contributed by atoms with E-state index in [1.165, 1.54) is 21.6 Å². The number of carbonyl (C=O) groups excluding carboxylic acids is 4. The molecule has 0 heterocycles. The lowest BCUT2D eigenvalue weighted by molar-refractivity contribution is -0.121. The van der Waals surface area contributed by atoms with Gasteiger partial charge in [-0.05, 0) is 11.8 Å². The Balaban J connectivity index is 3.64. The van der Waals surface area contributed by atoms with E-state index in [0.717, 1.165) is 25.7 Å². The number of rotatable bonds is 12. The van der Waals surface area contributed by atoms with Crippen molar-refractivity contribution in [1.29, 1.82) is 0 Å². The predicted octanol–water partition coefficient (Wildman–Crippen LogP) is 3.04. The standard InChI is InChI=1S/C18H34N4O4S2/c1-5-6-7-8-9-19-16(25)22-15(24)13-28-27-11-10-20-17(26)21-14(23)12-18(2,3)4/h5-13H2,1-4H3,(H2,19,22,24,25)(H2,20,21,23,26). The predicted molar refractivity (Wildman–Crippen MR) is 116 cm³/mol.